The van der Waals surface area contributed by atoms with E-state index >= 15 is 0 Å². The van der Waals surface area contributed by atoms with E-state index in [0.29, 0.717) is 32.7 Å². The molecule has 0 atom stereocenters. The van der Waals surface area contributed by atoms with Gasteiger partial charge in [-0.3, -0.25) is 0 Å². The van der Waals surface area contributed by atoms with E-state index in [-0.39, 0.29) is 5.82 Å². The quantitative estimate of drug-likeness (QED) is 0.458. The van der Waals surface area contributed by atoms with Gasteiger partial charge in [0.15, 0.2) is 0 Å². The summed E-state index contributed by atoms with van der Waals surface area (Å²) in [4.78, 5) is 0. The summed E-state index contributed by atoms with van der Waals surface area (Å²) in [5, 5.41) is 2.48. The molecule has 2 rings (SSSR count). The van der Waals surface area contributed by atoms with Gasteiger partial charge < -0.3 is 0 Å². The second-order valence-electron chi connectivity index (χ2n) is 4.94. The maximum atomic E-state index is 14.2. The summed E-state index contributed by atoms with van der Waals surface area (Å²) in [5.74, 6) is -0.213. The van der Waals surface area contributed by atoms with Gasteiger partial charge in [-0.05, 0) is 41.8 Å². The molecule has 112 valence electrons. The normalized spacial score (nSPS) is 11.7. The molecule has 5 heteroatoms. The molecule has 0 amide bonds. The second kappa shape index (κ2) is 7.45. The monoisotopic (exact) mass is 452 g/mol. The van der Waals surface area contributed by atoms with Gasteiger partial charge in [-0.1, -0.05) is 73.3 Å². The minimum atomic E-state index is -0.431. The topological polar surface area (TPSA) is 0 Å². The fraction of sp³-hybridized carbons (Fsp3) is 0.250. The van der Waals surface area contributed by atoms with E-state index in [2.05, 4.69) is 31.9 Å². The smallest absolute Gasteiger partial charge is 0.127 e. The molecule has 0 saturated carbocycles. The van der Waals surface area contributed by atoms with Gasteiger partial charge in [-0.2, -0.15) is 0 Å². The summed E-state index contributed by atoms with van der Waals surface area (Å²) in [6, 6.07) is 12.2. The van der Waals surface area contributed by atoms with Crippen LogP contribution in [-0.4, -0.2) is 10.7 Å². The molecular weight excluding hydrogens is 442 g/mol. The van der Waals surface area contributed by atoms with Gasteiger partial charge in [0, 0.05) is 26.1 Å². The zero-order chi connectivity index (χ0) is 15.5. The number of hydrogen-bond acceptors (Lipinski definition) is 0. The van der Waals surface area contributed by atoms with Gasteiger partial charge in [0.25, 0.3) is 0 Å². The van der Waals surface area contributed by atoms with Crippen LogP contribution in [0.4, 0.5) is 4.39 Å². The lowest BCUT2D eigenvalue weighted by Gasteiger charge is -2.31. The summed E-state index contributed by atoms with van der Waals surface area (Å²) in [6.45, 7) is 0. The van der Waals surface area contributed by atoms with E-state index in [9.17, 15) is 4.39 Å². The Bertz CT molecular complexity index is 627. The van der Waals surface area contributed by atoms with E-state index < -0.39 is 5.41 Å². The van der Waals surface area contributed by atoms with Gasteiger partial charge in [0.1, 0.15) is 5.82 Å². The van der Waals surface area contributed by atoms with Crippen molar-refractivity contribution in [3.63, 3.8) is 0 Å². The standard InChI is InChI=1S/C16H13Br2Cl2F/c17-9-16(10-18,13-3-1-2-4-15(13)21)8-11-7-12(19)5-6-14(11)20/h1-7H,8-10H2. The molecule has 2 aromatic rings. The van der Waals surface area contributed by atoms with Crippen LogP contribution in [-0.2, 0) is 11.8 Å². The van der Waals surface area contributed by atoms with Gasteiger partial charge >= 0.3 is 0 Å². The van der Waals surface area contributed by atoms with E-state index in [1.807, 2.05) is 18.2 Å². The molecule has 0 saturated heterocycles. The van der Waals surface area contributed by atoms with Crippen molar-refractivity contribution < 1.29 is 4.39 Å². The van der Waals surface area contributed by atoms with E-state index in [1.165, 1.54) is 6.07 Å². The highest BCUT2D eigenvalue weighted by Gasteiger charge is 2.33. The summed E-state index contributed by atoms with van der Waals surface area (Å²) in [6.07, 6.45) is 0.587. The molecule has 0 aliphatic carbocycles. The first-order chi connectivity index (χ1) is 10.0. The molecule has 0 radical (unpaired) electrons. The highest BCUT2D eigenvalue weighted by molar-refractivity contribution is 9.09. The van der Waals surface area contributed by atoms with Crippen molar-refractivity contribution in [1.82, 2.24) is 0 Å². The van der Waals surface area contributed by atoms with Crippen molar-refractivity contribution in [3.8, 4) is 0 Å². The van der Waals surface area contributed by atoms with Crippen molar-refractivity contribution >= 4 is 55.1 Å². The Morgan fingerprint density at radius 3 is 2.29 bits per heavy atom. The third-order valence-electron chi connectivity index (χ3n) is 3.49. The molecule has 2 aromatic carbocycles. The molecule has 0 spiro atoms. The van der Waals surface area contributed by atoms with Crippen molar-refractivity contribution in [2.75, 3.05) is 10.7 Å². The van der Waals surface area contributed by atoms with Gasteiger partial charge in [0.05, 0.1) is 0 Å². The Kier molecular flexibility index (Phi) is 6.13. The van der Waals surface area contributed by atoms with Crippen molar-refractivity contribution in [3.05, 3.63) is 69.5 Å². The third-order valence-corrected chi connectivity index (χ3v) is 6.24. The molecule has 0 bridgehead atoms. The van der Waals surface area contributed by atoms with E-state index in [1.54, 1.807) is 18.2 Å². The number of benzene rings is 2. The molecule has 0 nitrogen and oxygen atoms in total. The molecule has 0 aliphatic rings. The summed E-state index contributed by atoms with van der Waals surface area (Å²) in [7, 11) is 0. The predicted molar refractivity (Wildman–Crippen MR) is 95.8 cm³/mol. The third kappa shape index (κ3) is 3.82. The molecule has 0 heterocycles. The average Bonchev–Trinajstić information content (AvgIpc) is 2.49. The van der Waals surface area contributed by atoms with Crippen LogP contribution in [0.2, 0.25) is 10.0 Å². The first-order valence-corrected chi connectivity index (χ1v) is 9.33. The lowest BCUT2D eigenvalue weighted by atomic mass is 9.79. The maximum Gasteiger partial charge on any atom is 0.127 e. The number of alkyl halides is 2. The lowest BCUT2D eigenvalue weighted by molar-refractivity contribution is 0.501. The van der Waals surface area contributed by atoms with E-state index in [0.717, 1.165) is 5.56 Å². The van der Waals surface area contributed by atoms with Crippen LogP contribution in [0.25, 0.3) is 0 Å². The molecule has 0 N–H and O–H groups in total. The van der Waals surface area contributed by atoms with Crippen LogP contribution in [0, 0.1) is 5.82 Å². The largest absolute Gasteiger partial charge is 0.207 e. The maximum absolute atomic E-state index is 14.2. The minimum absolute atomic E-state index is 0.213. The van der Waals surface area contributed by atoms with Gasteiger partial charge in [-0.25, -0.2) is 4.39 Å². The zero-order valence-corrected chi connectivity index (χ0v) is 15.7. The molecule has 0 unspecified atom stereocenters. The average molecular weight is 455 g/mol. The number of halogens is 5. The zero-order valence-electron chi connectivity index (χ0n) is 11.1. The summed E-state index contributed by atoms with van der Waals surface area (Å²) < 4.78 is 14.2. The second-order valence-corrected chi connectivity index (χ2v) is 6.91. The van der Waals surface area contributed by atoms with Crippen LogP contribution in [0.5, 0.6) is 0 Å². The number of hydrogen-bond donors (Lipinski definition) is 0. The van der Waals surface area contributed by atoms with Gasteiger partial charge in [0.2, 0.25) is 0 Å². The van der Waals surface area contributed by atoms with Crippen LogP contribution in [0.1, 0.15) is 11.1 Å². The highest BCUT2D eigenvalue weighted by Crippen LogP contribution is 2.36. The molecular formula is C16H13Br2Cl2F. The molecule has 0 aliphatic heterocycles. The minimum Gasteiger partial charge on any atom is -0.207 e. The van der Waals surface area contributed by atoms with E-state index in [4.69, 9.17) is 23.2 Å². The fourth-order valence-electron chi connectivity index (χ4n) is 2.30. The van der Waals surface area contributed by atoms with Crippen LogP contribution in [0.15, 0.2) is 42.5 Å². The Hall–Kier alpha value is -0.0900. The van der Waals surface area contributed by atoms with Crippen LogP contribution >= 0.6 is 55.1 Å². The summed E-state index contributed by atoms with van der Waals surface area (Å²) >= 11 is 19.4. The van der Waals surface area contributed by atoms with Crippen molar-refractivity contribution in [1.29, 1.82) is 0 Å². The van der Waals surface area contributed by atoms with Crippen molar-refractivity contribution in [2.45, 2.75) is 11.8 Å². The van der Waals surface area contributed by atoms with Crippen LogP contribution in [0.3, 0.4) is 0 Å². The van der Waals surface area contributed by atoms with Crippen molar-refractivity contribution in [2.24, 2.45) is 0 Å². The molecule has 21 heavy (non-hydrogen) atoms. The summed E-state index contributed by atoms with van der Waals surface area (Å²) in [5.41, 5.74) is 1.14. The first-order valence-electron chi connectivity index (χ1n) is 6.33. The molecule has 0 aromatic heterocycles. The SMILES string of the molecule is Fc1ccccc1C(CBr)(CBr)Cc1cc(Cl)ccc1Cl. The van der Waals surface area contributed by atoms with Crippen LogP contribution < -0.4 is 0 Å². The Morgan fingerprint density at radius 1 is 1.00 bits per heavy atom. The first kappa shape index (κ1) is 17.3. The fourth-order valence-corrected chi connectivity index (χ4v) is 4.61. The lowest BCUT2D eigenvalue weighted by Crippen LogP contribution is -2.34. The highest BCUT2D eigenvalue weighted by atomic mass is 79.9. The molecule has 0 fully saturated rings. The van der Waals surface area contributed by atoms with Gasteiger partial charge in [-0.15, -0.1) is 0 Å². The Labute approximate surface area is 150 Å². The number of rotatable bonds is 5. The Morgan fingerprint density at radius 2 is 1.67 bits per heavy atom. The predicted octanol–water partition coefficient (Wildman–Crippen LogP) is 6.40. The Balaban J connectivity index is 2.48.